The van der Waals surface area contributed by atoms with Crippen molar-refractivity contribution in [3.63, 3.8) is 0 Å². The molecule has 2 aliphatic rings. The fraction of sp³-hybridized carbons (Fsp3) is 0.0870. The molecule has 238 valence electrons. The maximum atomic E-state index is 5.57. The maximum absolute atomic E-state index is 5.57. The van der Waals surface area contributed by atoms with Gasteiger partial charge in [0, 0.05) is 17.7 Å². The minimum Gasteiger partial charge on any atom is -0.404 e. The molecule has 8 rings (SSSR count). The number of fused-ring (bicyclic) bond motifs is 10. The molecule has 0 aromatic heterocycles. The van der Waals surface area contributed by atoms with E-state index in [0.717, 1.165) is 22.6 Å². The van der Waals surface area contributed by atoms with Crippen molar-refractivity contribution >= 4 is 35.7 Å². The molecule has 0 amide bonds. The lowest BCUT2D eigenvalue weighted by atomic mass is 9.69. The van der Waals surface area contributed by atoms with Gasteiger partial charge in [-0.25, -0.2) is 0 Å². The van der Waals surface area contributed by atoms with E-state index in [4.69, 9.17) is 5.73 Å². The molecule has 0 aliphatic heterocycles. The Morgan fingerprint density at radius 3 is 1.78 bits per heavy atom. The van der Waals surface area contributed by atoms with Crippen LogP contribution in [0.15, 0.2) is 146 Å². The van der Waals surface area contributed by atoms with Gasteiger partial charge in [0.25, 0.3) is 0 Å². The SMILES string of the molecule is C=Cc1c(-c2ccc(CS/C=C\N)cc2)cc2c(c1C=C)-c1ccc(-c3ccc(CSC)cc3)cc1C21c2ccccc2-c2ccccc21. The molecule has 3 heteroatoms. The molecule has 49 heavy (non-hydrogen) atoms. The van der Waals surface area contributed by atoms with Gasteiger partial charge < -0.3 is 5.73 Å². The van der Waals surface area contributed by atoms with Gasteiger partial charge in [0.15, 0.2) is 0 Å². The summed E-state index contributed by atoms with van der Waals surface area (Å²) < 4.78 is 0. The van der Waals surface area contributed by atoms with Crippen LogP contribution in [0.5, 0.6) is 0 Å². The Morgan fingerprint density at radius 1 is 0.571 bits per heavy atom. The average molecular weight is 668 g/mol. The summed E-state index contributed by atoms with van der Waals surface area (Å²) in [5.41, 5.74) is 25.1. The molecule has 0 radical (unpaired) electrons. The van der Waals surface area contributed by atoms with Crippen LogP contribution >= 0.6 is 23.5 Å². The quantitative estimate of drug-likeness (QED) is 0.166. The molecule has 0 saturated heterocycles. The zero-order chi connectivity index (χ0) is 33.5. The van der Waals surface area contributed by atoms with Gasteiger partial charge in [0.2, 0.25) is 0 Å². The molecule has 1 nitrogen and oxygen atoms in total. The van der Waals surface area contributed by atoms with E-state index in [1.807, 2.05) is 29.3 Å². The second-order valence-electron chi connectivity index (χ2n) is 12.7. The number of hydrogen-bond acceptors (Lipinski definition) is 3. The van der Waals surface area contributed by atoms with Gasteiger partial charge in [-0.05, 0) is 113 Å². The molecular weight excluding hydrogens is 631 g/mol. The van der Waals surface area contributed by atoms with Gasteiger partial charge in [-0.15, -0.1) is 11.8 Å². The molecule has 0 saturated carbocycles. The van der Waals surface area contributed by atoms with Crippen LogP contribution < -0.4 is 5.73 Å². The first-order valence-electron chi connectivity index (χ1n) is 16.6. The number of benzene rings is 6. The molecular formula is C46H37NS2. The highest BCUT2D eigenvalue weighted by atomic mass is 32.2. The Hall–Kier alpha value is -4.96. The van der Waals surface area contributed by atoms with E-state index in [1.165, 1.54) is 77.9 Å². The molecule has 0 heterocycles. The average Bonchev–Trinajstić information content (AvgIpc) is 3.61. The van der Waals surface area contributed by atoms with Crippen molar-refractivity contribution in [2.45, 2.75) is 16.9 Å². The number of rotatable bonds is 9. The highest BCUT2D eigenvalue weighted by Crippen LogP contribution is 2.64. The minimum atomic E-state index is -0.482. The van der Waals surface area contributed by atoms with E-state index >= 15 is 0 Å². The van der Waals surface area contributed by atoms with E-state index in [-0.39, 0.29) is 0 Å². The van der Waals surface area contributed by atoms with Gasteiger partial charge in [0.05, 0.1) is 5.41 Å². The summed E-state index contributed by atoms with van der Waals surface area (Å²) in [6.07, 6.45) is 7.79. The van der Waals surface area contributed by atoms with Gasteiger partial charge in [-0.3, -0.25) is 0 Å². The van der Waals surface area contributed by atoms with Crippen LogP contribution in [0.3, 0.4) is 0 Å². The van der Waals surface area contributed by atoms with Crippen LogP contribution in [-0.4, -0.2) is 6.26 Å². The summed E-state index contributed by atoms with van der Waals surface area (Å²) in [6.45, 7) is 8.74. The predicted octanol–water partition coefficient (Wildman–Crippen LogP) is 12.2. The van der Waals surface area contributed by atoms with Crippen LogP contribution in [0, 0.1) is 0 Å². The van der Waals surface area contributed by atoms with E-state index in [1.54, 1.807) is 18.0 Å². The molecule has 0 fully saturated rings. The summed E-state index contributed by atoms with van der Waals surface area (Å²) in [5, 5.41) is 1.93. The van der Waals surface area contributed by atoms with Crippen molar-refractivity contribution in [2.75, 3.05) is 6.26 Å². The zero-order valence-corrected chi connectivity index (χ0v) is 29.2. The van der Waals surface area contributed by atoms with Crippen LogP contribution in [0.25, 0.3) is 56.7 Å². The van der Waals surface area contributed by atoms with Gasteiger partial charge >= 0.3 is 0 Å². The summed E-state index contributed by atoms with van der Waals surface area (Å²) in [5.74, 6) is 1.89. The van der Waals surface area contributed by atoms with E-state index in [9.17, 15) is 0 Å². The smallest absolute Gasteiger partial charge is 0.0726 e. The molecule has 0 unspecified atom stereocenters. The molecule has 6 aromatic rings. The Kier molecular flexibility index (Phi) is 8.19. The third-order valence-corrected chi connectivity index (χ3v) is 11.6. The van der Waals surface area contributed by atoms with Gasteiger partial charge in [0.1, 0.15) is 0 Å². The first-order chi connectivity index (χ1) is 24.1. The topological polar surface area (TPSA) is 26.0 Å². The van der Waals surface area contributed by atoms with E-state index in [0.29, 0.717) is 0 Å². The fourth-order valence-electron chi connectivity index (χ4n) is 8.13. The van der Waals surface area contributed by atoms with Gasteiger partial charge in [-0.1, -0.05) is 135 Å². The fourth-order valence-corrected chi connectivity index (χ4v) is 9.25. The van der Waals surface area contributed by atoms with E-state index < -0.39 is 5.41 Å². The number of nitrogens with two attached hydrogens (primary N) is 1. The lowest BCUT2D eigenvalue weighted by Gasteiger charge is -2.31. The van der Waals surface area contributed by atoms with Gasteiger partial charge in [-0.2, -0.15) is 11.8 Å². The van der Waals surface area contributed by atoms with Crippen LogP contribution in [0.2, 0.25) is 0 Å². The van der Waals surface area contributed by atoms with Crippen LogP contribution in [0.1, 0.15) is 44.5 Å². The summed E-state index contributed by atoms with van der Waals surface area (Å²) >= 11 is 3.55. The van der Waals surface area contributed by atoms with Crippen molar-refractivity contribution < 1.29 is 0 Å². The zero-order valence-electron chi connectivity index (χ0n) is 27.6. The maximum Gasteiger partial charge on any atom is 0.0726 e. The molecule has 0 bridgehead atoms. The monoisotopic (exact) mass is 667 g/mol. The summed E-state index contributed by atoms with van der Waals surface area (Å²) in [4.78, 5) is 0. The predicted molar refractivity (Wildman–Crippen MR) is 216 cm³/mol. The second kappa shape index (κ2) is 12.8. The van der Waals surface area contributed by atoms with Crippen molar-refractivity contribution in [1.82, 2.24) is 0 Å². The third-order valence-electron chi connectivity index (χ3n) is 10.2. The lowest BCUT2D eigenvalue weighted by Crippen LogP contribution is -2.26. The first kappa shape index (κ1) is 31.3. The van der Waals surface area contributed by atoms with Crippen molar-refractivity contribution in [3.05, 3.63) is 191 Å². The van der Waals surface area contributed by atoms with Crippen molar-refractivity contribution in [2.24, 2.45) is 5.73 Å². The van der Waals surface area contributed by atoms with Crippen LogP contribution in [0.4, 0.5) is 0 Å². The van der Waals surface area contributed by atoms with Crippen molar-refractivity contribution in [1.29, 1.82) is 0 Å². The summed E-state index contributed by atoms with van der Waals surface area (Å²) in [7, 11) is 0. The lowest BCUT2D eigenvalue weighted by molar-refractivity contribution is 0.794. The normalized spacial score (nSPS) is 13.2. The molecule has 2 aliphatic carbocycles. The first-order valence-corrected chi connectivity index (χ1v) is 19.0. The van der Waals surface area contributed by atoms with E-state index in [2.05, 4.69) is 141 Å². The van der Waals surface area contributed by atoms with Crippen molar-refractivity contribution in [3.8, 4) is 44.5 Å². The minimum absolute atomic E-state index is 0.482. The molecule has 1 spiro atoms. The molecule has 2 N–H and O–H groups in total. The largest absolute Gasteiger partial charge is 0.404 e. The number of thioether (sulfide) groups is 2. The highest BCUT2D eigenvalue weighted by Gasteiger charge is 2.52. The Bertz CT molecular complexity index is 2230. The standard InChI is InChI=1S/C46H37NS2/c1-4-35-36(5-2)45-39-23-22-34(32-18-14-30(15-19-32)28-48-3)26-43(39)46(41-12-8-6-10-37(41)38-11-7-9-13-42(38)46)44(45)27-40(35)33-20-16-31(17-21-33)29-49-25-24-47/h4-27H,1-2,28-29,47H2,3H3/b25-24-. The second-order valence-corrected chi connectivity index (χ2v) is 14.4. The molecule has 6 aromatic carbocycles. The Morgan fingerprint density at radius 2 is 1.16 bits per heavy atom. The Labute approximate surface area is 298 Å². The summed E-state index contributed by atoms with van der Waals surface area (Å²) in [6, 6.07) is 45.6. The number of hydrogen-bond donors (Lipinski definition) is 1. The van der Waals surface area contributed by atoms with Crippen LogP contribution in [-0.2, 0) is 16.9 Å². The molecule has 0 atom stereocenters. The third kappa shape index (κ3) is 4.87. The Balaban J connectivity index is 1.42. The highest BCUT2D eigenvalue weighted by molar-refractivity contribution is 8.01.